The smallest absolute Gasteiger partial charge is 0.0794 e. The van der Waals surface area contributed by atoms with Crippen LogP contribution in [0, 0.1) is 0 Å². The Hall–Kier alpha value is -1.02. The second kappa shape index (κ2) is 6.24. The number of aliphatic hydroxyl groups excluding tert-OH is 1. The standard InChI is InChI=1S/C15H14Cl2O/c16-13-8-12(9-14(17)10-13)15(18)7-6-11-4-2-1-3-5-11/h1-5,8-10,15,18H,6-7H2. The molecule has 0 bridgehead atoms. The van der Waals surface area contributed by atoms with Gasteiger partial charge >= 0.3 is 0 Å². The van der Waals surface area contributed by atoms with Crippen molar-refractivity contribution >= 4 is 23.2 Å². The Kier molecular flexibility index (Phi) is 4.65. The van der Waals surface area contributed by atoms with E-state index in [9.17, 15) is 5.11 Å². The second-order valence-electron chi connectivity index (χ2n) is 4.24. The van der Waals surface area contributed by atoms with Crippen molar-refractivity contribution in [2.45, 2.75) is 18.9 Å². The molecule has 94 valence electrons. The Labute approximate surface area is 117 Å². The quantitative estimate of drug-likeness (QED) is 0.864. The van der Waals surface area contributed by atoms with Gasteiger partial charge in [-0.05, 0) is 42.2 Å². The van der Waals surface area contributed by atoms with E-state index in [-0.39, 0.29) is 0 Å². The molecule has 0 saturated carbocycles. The van der Waals surface area contributed by atoms with Gasteiger partial charge in [0.15, 0.2) is 0 Å². The molecule has 3 heteroatoms. The summed E-state index contributed by atoms with van der Waals surface area (Å²) in [5, 5.41) is 11.2. The van der Waals surface area contributed by atoms with Crippen molar-refractivity contribution in [2.24, 2.45) is 0 Å². The van der Waals surface area contributed by atoms with Gasteiger partial charge in [-0.1, -0.05) is 53.5 Å². The van der Waals surface area contributed by atoms with Crippen molar-refractivity contribution in [3.63, 3.8) is 0 Å². The van der Waals surface area contributed by atoms with E-state index < -0.39 is 6.10 Å². The molecule has 1 atom stereocenters. The molecule has 0 fully saturated rings. The van der Waals surface area contributed by atoms with Gasteiger partial charge in [-0.3, -0.25) is 0 Å². The van der Waals surface area contributed by atoms with Gasteiger partial charge < -0.3 is 5.11 Å². The third kappa shape index (κ3) is 3.74. The van der Waals surface area contributed by atoms with E-state index >= 15 is 0 Å². The number of hydrogen-bond donors (Lipinski definition) is 1. The largest absolute Gasteiger partial charge is 0.388 e. The highest BCUT2D eigenvalue weighted by Crippen LogP contribution is 2.26. The number of aliphatic hydroxyl groups is 1. The van der Waals surface area contributed by atoms with Crippen LogP contribution in [0.5, 0.6) is 0 Å². The molecule has 0 spiro atoms. The Morgan fingerprint density at radius 1 is 0.944 bits per heavy atom. The first-order valence-corrected chi connectivity index (χ1v) is 6.59. The number of hydrogen-bond acceptors (Lipinski definition) is 1. The zero-order chi connectivity index (χ0) is 13.0. The molecule has 0 saturated heterocycles. The topological polar surface area (TPSA) is 20.2 Å². The van der Waals surface area contributed by atoms with Crippen LogP contribution in [0.4, 0.5) is 0 Å². The fourth-order valence-electron chi connectivity index (χ4n) is 1.88. The van der Waals surface area contributed by atoms with Crippen LogP contribution in [-0.4, -0.2) is 5.11 Å². The normalized spacial score (nSPS) is 12.4. The van der Waals surface area contributed by atoms with E-state index in [0.29, 0.717) is 16.5 Å². The minimum atomic E-state index is -0.540. The van der Waals surface area contributed by atoms with Crippen molar-refractivity contribution in [1.29, 1.82) is 0 Å². The van der Waals surface area contributed by atoms with Crippen molar-refractivity contribution in [2.75, 3.05) is 0 Å². The zero-order valence-corrected chi connectivity index (χ0v) is 11.3. The molecule has 0 aliphatic heterocycles. The number of aryl methyl sites for hydroxylation is 1. The van der Waals surface area contributed by atoms with Crippen LogP contribution in [-0.2, 0) is 6.42 Å². The lowest BCUT2D eigenvalue weighted by Gasteiger charge is -2.12. The average Bonchev–Trinajstić information content (AvgIpc) is 2.36. The zero-order valence-electron chi connectivity index (χ0n) is 9.81. The molecule has 1 unspecified atom stereocenters. The van der Waals surface area contributed by atoms with Crippen molar-refractivity contribution in [3.05, 3.63) is 69.7 Å². The summed E-state index contributed by atoms with van der Waals surface area (Å²) in [7, 11) is 0. The molecular weight excluding hydrogens is 267 g/mol. The molecule has 0 aliphatic carbocycles. The molecule has 0 heterocycles. The van der Waals surface area contributed by atoms with Crippen LogP contribution >= 0.6 is 23.2 Å². The molecule has 0 radical (unpaired) electrons. The predicted molar refractivity (Wildman–Crippen MR) is 76.2 cm³/mol. The minimum Gasteiger partial charge on any atom is -0.388 e. The molecule has 1 nitrogen and oxygen atoms in total. The highest BCUT2D eigenvalue weighted by molar-refractivity contribution is 6.34. The second-order valence-corrected chi connectivity index (χ2v) is 5.12. The Balaban J connectivity index is 2.01. The van der Waals surface area contributed by atoms with Gasteiger partial charge in [0, 0.05) is 10.0 Å². The highest BCUT2D eigenvalue weighted by Gasteiger charge is 2.09. The molecule has 0 aromatic heterocycles. The lowest BCUT2D eigenvalue weighted by Crippen LogP contribution is -1.99. The Morgan fingerprint density at radius 2 is 1.56 bits per heavy atom. The Morgan fingerprint density at radius 3 is 2.17 bits per heavy atom. The van der Waals surface area contributed by atoms with Gasteiger partial charge in [0.1, 0.15) is 0 Å². The molecule has 0 aliphatic rings. The molecule has 2 rings (SSSR count). The summed E-state index contributed by atoms with van der Waals surface area (Å²) in [5.74, 6) is 0. The molecule has 2 aromatic rings. The van der Waals surface area contributed by atoms with Crippen LogP contribution in [0.15, 0.2) is 48.5 Å². The molecule has 2 aromatic carbocycles. The van der Waals surface area contributed by atoms with E-state index in [0.717, 1.165) is 12.0 Å². The van der Waals surface area contributed by atoms with E-state index in [2.05, 4.69) is 12.1 Å². The first kappa shape index (κ1) is 13.4. The summed E-state index contributed by atoms with van der Waals surface area (Å²) in [4.78, 5) is 0. The maximum absolute atomic E-state index is 10.1. The van der Waals surface area contributed by atoms with Gasteiger partial charge in [0.05, 0.1) is 6.10 Å². The van der Waals surface area contributed by atoms with Crippen LogP contribution < -0.4 is 0 Å². The minimum absolute atomic E-state index is 0.540. The SMILES string of the molecule is OC(CCc1ccccc1)c1cc(Cl)cc(Cl)c1. The fraction of sp³-hybridized carbons (Fsp3) is 0.200. The summed E-state index contributed by atoms with van der Waals surface area (Å²) in [6, 6.07) is 15.3. The van der Waals surface area contributed by atoms with Crippen molar-refractivity contribution in [1.82, 2.24) is 0 Å². The lowest BCUT2D eigenvalue weighted by atomic mass is 10.0. The van der Waals surface area contributed by atoms with Gasteiger partial charge in [0.2, 0.25) is 0 Å². The van der Waals surface area contributed by atoms with E-state index in [1.807, 2.05) is 18.2 Å². The van der Waals surface area contributed by atoms with Crippen molar-refractivity contribution in [3.8, 4) is 0 Å². The van der Waals surface area contributed by atoms with Gasteiger partial charge in [-0.25, -0.2) is 0 Å². The van der Waals surface area contributed by atoms with Gasteiger partial charge in [-0.15, -0.1) is 0 Å². The van der Waals surface area contributed by atoms with E-state index in [1.54, 1.807) is 18.2 Å². The van der Waals surface area contributed by atoms with Crippen LogP contribution in [0.25, 0.3) is 0 Å². The summed E-state index contributed by atoms with van der Waals surface area (Å²) < 4.78 is 0. The maximum Gasteiger partial charge on any atom is 0.0794 e. The van der Waals surface area contributed by atoms with Crippen LogP contribution in [0.2, 0.25) is 10.0 Å². The molecular formula is C15H14Cl2O. The summed E-state index contributed by atoms with van der Waals surface area (Å²) >= 11 is 11.8. The molecule has 1 N–H and O–H groups in total. The van der Waals surface area contributed by atoms with E-state index in [4.69, 9.17) is 23.2 Å². The highest BCUT2D eigenvalue weighted by atomic mass is 35.5. The maximum atomic E-state index is 10.1. The van der Waals surface area contributed by atoms with Crippen LogP contribution in [0.3, 0.4) is 0 Å². The molecule has 0 amide bonds. The van der Waals surface area contributed by atoms with Crippen molar-refractivity contribution < 1.29 is 5.11 Å². The van der Waals surface area contributed by atoms with Gasteiger partial charge in [-0.2, -0.15) is 0 Å². The average molecular weight is 281 g/mol. The number of halogens is 2. The third-order valence-corrected chi connectivity index (χ3v) is 3.26. The predicted octanol–water partition coefficient (Wildman–Crippen LogP) is 4.66. The summed E-state index contributed by atoms with van der Waals surface area (Å²) in [6.07, 6.45) is 0.939. The summed E-state index contributed by atoms with van der Waals surface area (Å²) in [6.45, 7) is 0. The first-order valence-electron chi connectivity index (χ1n) is 5.83. The number of benzene rings is 2. The molecule has 18 heavy (non-hydrogen) atoms. The third-order valence-electron chi connectivity index (χ3n) is 2.82. The lowest BCUT2D eigenvalue weighted by molar-refractivity contribution is 0.168. The fourth-order valence-corrected chi connectivity index (χ4v) is 2.43. The van der Waals surface area contributed by atoms with Crippen LogP contribution in [0.1, 0.15) is 23.7 Å². The van der Waals surface area contributed by atoms with E-state index in [1.165, 1.54) is 5.56 Å². The number of rotatable bonds is 4. The summed E-state index contributed by atoms with van der Waals surface area (Å²) in [5.41, 5.74) is 1.98. The Bertz CT molecular complexity index is 491. The monoisotopic (exact) mass is 280 g/mol. The first-order chi connectivity index (χ1) is 8.65. The van der Waals surface area contributed by atoms with Gasteiger partial charge in [0.25, 0.3) is 0 Å².